The molecule has 0 aliphatic heterocycles. The maximum Gasteiger partial charge on any atom is 0.267 e. The number of ether oxygens (including phenoxy) is 2. The average molecular weight is 432 g/mol. The molecule has 29 heavy (non-hydrogen) atoms. The molecule has 1 aliphatic carbocycles. The van der Waals surface area contributed by atoms with Gasteiger partial charge < -0.3 is 9.47 Å². The van der Waals surface area contributed by atoms with Gasteiger partial charge in [-0.3, -0.25) is 4.72 Å². The molecule has 9 heteroatoms. The number of sulfonamides is 1. The fourth-order valence-corrected chi connectivity index (χ4v) is 5.58. The summed E-state index contributed by atoms with van der Waals surface area (Å²) < 4.78 is 39.1. The summed E-state index contributed by atoms with van der Waals surface area (Å²) in [6.07, 6.45) is 4.00. The SMILES string of the molecule is COc1ccc(-c2nnc(NS(=O)(=O)c3cc4c(cc3OC)CCCC4)s2)cc1. The third kappa shape index (κ3) is 4.06. The maximum absolute atomic E-state index is 13.0. The average Bonchev–Trinajstić information content (AvgIpc) is 3.20. The van der Waals surface area contributed by atoms with E-state index >= 15 is 0 Å². The summed E-state index contributed by atoms with van der Waals surface area (Å²) in [7, 11) is -0.775. The lowest BCUT2D eigenvalue weighted by atomic mass is 9.92. The Kier molecular flexibility index (Phi) is 5.42. The van der Waals surface area contributed by atoms with Crippen molar-refractivity contribution in [1.82, 2.24) is 10.2 Å². The van der Waals surface area contributed by atoms with Crippen molar-refractivity contribution < 1.29 is 17.9 Å². The normalized spacial score (nSPS) is 13.6. The van der Waals surface area contributed by atoms with Crippen LogP contribution in [0.1, 0.15) is 24.0 Å². The molecule has 1 N–H and O–H groups in total. The first-order valence-corrected chi connectivity index (χ1v) is 11.5. The largest absolute Gasteiger partial charge is 0.497 e. The molecular formula is C20H21N3O4S2. The van der Waals surface area contributed by atoms with Gasteiger partial charge in [0.05, 0.1) is 14.2 Å². The molecule has 3 aromatic rings. The molecule has 0 radical (unpaired) electrons. The van der Waals surface area contributed by atoms with Gasteiger partial charge in [-0.05, 0) is 73.2 Å². The standard InChI is InChI=1S/C20H21N3O4S2/c1-26-16-9-7-13(8-10-16)19-21-22-20(28-19)23-29(24,25)18-12-15-6-4-3-5-14(15)11-17(18)27-2/h7-12H,3-6H2,1-2H3,(H,22,23). The van der Waals surface area contributed by atoms with Crippen molar-refractivity contribution in [1.29, 1.82) is 0 Å². The van der Waals surface area contributed by atoms with Crippen LogP contribution in [0.3, 0.4) is 0 Å². The van der Waals surface area contributed by atoms with Gasteiger partial charge in [-0.1, -0.05) is 11.3 Å². The molecule has 0 saturated carbocycles. The molecule has 0 unspecified atom stereocenters. The predicted octanol–water partition coefficient (Wildman–Crippen LogP) is 3.90. The molecule has 4 rings (SSSR count). The highest BCUT2D eigenvalue weighted by Gasteiger charge is 2.24. The number of hydrogen-bond donors (Lipinski definition) is 1. The van der Waals surface area contributed by atoms with Gasteiger partial charge >= 0.3 is 0 Å². The van der Waals surface area contributed by atoms with Crippen molar-refractivity contribution in [2.75, 3.05) is 18.9 Å². The lowest BCUT2D eigenvalue weighted by molar-refractivity contribution is 0.401. The second-order valence-corrected chi connectivity index (χ2v) is 9.35. The topological polar surface area (TPSA) is 90.4 Å². The molecule has 152 valence electrons. The summed E-state index contributed by atoms with van der Waals surface area (Å²) in [5, 5.41) is 8.92. The summed E-state index contributed by atoms with van der Waals surface area (Å²) in [6, 6.07) is 10.9. The molecule has 1 heterocycles. The zero-order valence-corrected chi connectivity index (χ0v) is 17.8. The Balaban J connectivity index is 1.61. The van der Waals surface area contributed by atoms with Crippen LogP contribution in [-0.4, -0.2) is 32.8 Å². The Hall–Kier alpha value is -2.65. The van der Waals surface area contributed by atoms with E-state index in [0.29, 0.717) is 10.8 Å². The molecule has 0 fully saturated rings. The Labute approximate surface area is 173 Å². The van der Waals surface area contributed by atoms with Gasteiger partial charge in [0.15, 0.2) is 0 Å². The third-order valence-corrected chi connectivity index (χ3v) is 7.28. The van der Waals surface area contributed by atoms with E-state index in [4.69, 9.17) is 9.47 Å². The second kappa shape index (κ2) is 8.00. The highest BCUT2D eigenvalue weighted by atomic mass is 32.2. The van der Waals surface area contributed by atoms with Crippen molar-refractivity contribution in [3.8, 4) is 22.1 Å². The minimum atomic E-state index is -3.86. The van der Waals surface area contributed by atoms with E-state index in [9.17, 15) is 8.42 Å². The van der Waals surface area contributed by atoms with Crippen LogP contribution in [0.25, 0.3) is 10.6 Å². The molecule has 2 aromatic carbocycles. The van der Waals surface area contributed by atoms with Crippen molar-refractivity contribution in [2.45, 2.75) is 30.6 Å². The lowest BCUT2D eigenvalue weighted by Crippen LogP contribution is -2.15. The number of anilines is 1. The smallest absolute Gasteiger partial charge is 0.267 e. The Morgan fingerprint density at radius 3 is 2.31 bits per heavy atom. The van der Waals surface area contributed by atoms with Crippen molar-refractivity contribution >= 4 is 26.5 Å². The second-order valence-electron chi connectivity index (χ2n) is 6.73. The van der Waals surface area contributed by atoms with Crippen LogP contribution in [0.4, 0.5) is 5.13 Å². The molecule has 1 aromatic heterocycles. The van der Waals surface area contributed by atoms with E-state index in [1.165, 1.54) is 18.4 Å². The number of nitrogens with one attached hydrogen (secondary N) is 1. The molecule has 7 nitrogen and oxygen atoms in total. The number of rotatable bonds is 6. The fraction of sp³-hybridized carbons (Fsp3) is 0.300. The number of hydrogen-bond acceptors (Lipinski definition) is 7. The van der Waals surface area contributed by atoms with Gasteiger partial charge in [0, 0.05) is 5.56 Å². The van der Waals surface area contributed by atoms with E-state index in [-0.39, 0.29) is 10.0 Å². The van der Waals surface area contributed by atoms with Crippen LogP contribution < -0.4 is 14.2 Å². The summed E-state index contributed by atoms with van der Waals surface area (Å²) >= 11 is 1.17. The number of aryl methyl sites for hydroxylation is 2. The third-order valence-electron chi connectivity index (χ3n) is 4.90. The summed E-state index contributed by atoms with van der Waals surface area (Å²) in [4.78, 5) is 0.127. The van der Waals surface area contributed by atoms with Crippen LogP contribution >= 0.6 is 11.3 Å². The fourth-order valence-electron chi connectivity index (χ4n) is 3.39. The van der Waals surface area contributed by atoms with Gasteiger partial charge in [0.2, 0.25) is 5.13 Å². The molecule has 0 saturated heterocycles. The number of fused-ring (bicyclic) bond motifs is 1. The lowest BCUT2D eigenvalue weighted by Gasteiger charge is -2.19. The number of aromatic nitrogens is 2. The first-order chi connectivity index (χ1) is 14.0. The van der Waals surface area contributed by atoms with Crippen LogP contribution in [0, 0.1) is 0 Å². The Bertz CT molecular complexity index is 1130. The van der Waals surface area contributed by atoms with Crippen molar-refractivity contribution in [3.63, 3.8) is 0 Å². The maximum atomic E-state index is 13.0. The zero-order valence-electron chi connectivity index (χ0n) is 16.1. The molecule has 0 spiro atoms. The Morgan fingerprint density at radius 2 is 1.66 bits per heavy atom. The minimum absolute atomic E-state index is 0.127. The summed E-state index contributed by atoms with van der Waals surface area (Å²) in [5.41, 5.74) is 3.05. The van der Waals surface area contributed by atoms with E-state index < -0.39 is 10.0 Å². The van der Waals surface area contributed by atoms with Crippen LogP contribution in [0.15, 0.2) is 41.3 Å². The first-order valence-electron chi connectivity index (χ1n) is 9.20. The quantitative estimate of drug-likeness (QED) is 0.637. The van der Waals surface area contributed by atoms with E-state index in [1.807, 2.05) is 30.3 Å². The summed E-state index contributed by atoms with van der Waals surface area (Å²) in [5.74, 6) is 1.08. The number of benzene rings is 2. The van der Waals surface area contributed by atoms with Crippen LogP contribution in [0.2, 0.25) is 0 Å². The van der Waals surface area contributed by atoms with Gasteiger partial charge in [-0.2, -0.15) is 0 Å². The minimum Gasteiger partial charge on any atom is -0.497 e. The van der Waals surface area contributed by atoms with Crippen molar-refractivity contribution in [3.05, 3.63) is 47.5 Å². The monoisotopic (exact) mass is 431 g/mol. The highest BCUT2D eigenvalue weighted by molar-refractivity contribution is 7.93. The predicted molar refractivity (Wildman–Crippen MR) is 112 cm³/mol. The first kappa shape index (κ1) is 19.7. The van der Waals surface area contributed by atoms with Gasteiger partial charge in [0.1, 0.15) is 21.4 Å². The molecular weight excluding hydrogens is 410 g/mol. The van der Waals surface area contributed by atoms with Gasteiger partial charge in [0.25, 0.3) is 10.0 Å². The van der Waals surface area contributed by atoms with E-state index in [1.54, 1.807) is 13.2 Å². The zero-order chi connectivity index (χ0) is 20.4. The summed E-state index contributed by atoms with van der Waals surface area (Å²) in [6.45, 7) is 0. The highest BCUT2D eigenvalue weighted by Crippen LogP contribution is 2.34. The molecule has 0 bridgehead atoms. The van der Waals surface area contributed by atoms with E-state index in [2.05, 4.69) is 14.9 Å². The number of methoxy groups -OCH3 is 2. The molecule has 0 amide bonds. The van der Waals surface area contributed by atoms with Gasteiger partial charge in [-0.15, -0.1) is 10.2 Å². The Morgan fingerprint density at radius 1 is 0.966 bits per heavy atom. The van der Waals surface area contributed by atoms with Crippen molar-refractivity contribution in [2.24, 2.45) is 0 Å². The van der Waals surface area contributed by atoms with Gasteiger partial charge in [-0.25, -0.2) is 8.42 Å². The molecule has 1 aliphatic rings. The van der Waals surface area contributed by atoms with Crippen LogP contribution in [-0.2, 0) is 22.9 Å². The van der Waals surface area contributed by atoms with E-state index in [0.717, 1.165) is 48.1 Å². The van der Waals surface area contributed by atoms with Crippen LogP contribution in [0.5, 0.6) is 11.5 Å². The number of nitrogens with zero attached hydrogens (tertiary/aromatic N) is 2. The molecule has 0 atom stereocenters.